The summed E-state index contributed by atoms with van der Waals surface area (Å²) in [5, 5.41) is 6.72. The number of hydrogen-bond acceptors (Lipinski definition) is 4. The number of nitrogens with one attached hydrogen (secondary N) is 2. The van der Waals surface area contributed by atoms with E-state index in [1.165, 1.54) is 5.56 Å². The number of rotatable bonds is 5. The van der Waals surface area contributed by atoms with Crippen LogP contribution in [0.2, 0.25) is 0 Å². The summed E-state index contributed by atoms with van der Waals surface area (Å²) in [7, 11) is 3.29. The standard InChI is InChI=1S/C24H28N2O3/c1-14(2)25-24(27)19-10-6-9-18-16-7-5-8-17(16)22(26-23(18)19)15-11-12-20(28-3)21(13-15)29-4/h5-7,9-14,16-17,22,26H,8H2,1-4H3,(H,25,27). The van der Waals surface area contributed by atoms with Gasteiger partial charge in [-0.2, -0.15) is 0 Å². The molecule has 2 aromatic rings. The van der Waals surface area contributed by atoms with Gasteiger partial charge in [-0.1, -0.05) is 30.4 Å². The van der Waals surface area contributed by atoms with Crippen LogP contribution in [0.1, 0.15) is 53.7 Å². The molecule has 3 unspecified atom stereocenters. The molecule has 29 heavy (non-hydrogen) atoms. The van der Waals surface area contributed by atoms with E-state index in [2.05, 4.69) is 34.9 Å². The molecule has 0 spiro atoms. The number of hydrogen-bond donors (Lipinski definition) is 2. The lowest BCUT2D eigenvalue weighted by Crippen LogP contribution is -2.34. The fourth-order valence-electron chi connectivity index (χ4n) is 4.53. The number of carbonyl (C=O) groups is 1. The van der Waals surface area contributed by atoms with Gasteiger partial charge in [-0.3, -0.25) is 4.79 Å². The molecule has 2 aliphatic rings. The van der Waals surface area contributed by atoms with Crippen LogP contribution in [0, 0.1) is 5.92 Å². The van der Waals surface area contributed by atoms with Crippen LogP contribution in [0.4, 0.5) is 5.69 Å². The number of amides is 1. The van der Waals surface area contributed by atoms with E-state index >= 15 is 0 Å². The van der Waals surface area contributed by atoms with Crippen molar-refractivity contribution in [1.29, 1.82) is 0 Å². The van der Waals surface area contributed by atoms with Crippen molar-refractivity contribution in [3.05, 3.63) is 65.2 Å². The number of para-hydroxylation sites is 1. The first-order valence-electron chi connectivity index (χ1n) is 10.1. The molecule has 1 aliphatic heterocycles. The molecule has 0 fully saturated rings. The molecule has 0 saturated heterocycles. The highest BCUT2D eigenvalue weighted by Crippen LogP contribution is 2.51. The molecular formula is C24H28N2O3. The molecule has 1 heterocycles. The van der Waals surface area contributed by atoms with E-state index in [1.54, 1.807) is 14.2 Å². The van der Waals surface area contributed by atoms with Gasteiger partial charge in [-0.25, -0.2) is 0 Å². The number of allylic oxidation sites excluding steroid dienone is 2. The van der Waals surface area contributed by atoms with Crippen LogP contribution < -0.4 is 20.1 Å². The molecule has 152 valence electrons. The largest absolute Gasteiger partial charge is 0.493 e. The Kier molecular flexibility index (Phi) is 5.22. The van der Waals surface area contributed by atoms with Gasteiger partial charge in [0, 0.05) is 12.0 Å². The maximum absolute atomic E-state index is 12.8. The van der Waals surface area contributed by atoms with E-state index in [1.807, 2.05) is 38.1 Å². The maximum Gasteiger partial charge on any atom is 0.253 e. The average Bonchev–Trinajstić information content (AvgIpc) is 3.21. The zero-order valence-corrected chi connectivity index (χ0v) is 17.4. The van der Waals surface area contributed by atoms with Gasteiger partial charge in [-0.15, -0.1) is 0 Å². The predicted molar refractivity (Wildman–Crippen MR) is 115 cm³/mol. The van der Waals surface area contributed by atoms with E-state index < -0.39 is 0 Å². The summed E-state index contributed by atoms with van der Waals surface area (Å²) < 4.78 is 10.9. The van der Waals surface area contributed by atoms with Gasteiger partial charge in [-0.05, 0) is 55.5 Å². The van der Waals surface area contributed by atoms with E-state index in [4.69, 9.17) is 9.47 Å². The second kappa shape index (κ2) is 7.82. The highest BCUT2D eigenvalue weighted by atomic mass is 16.5. The summed E-state index contributed by atoms with van der Waals surface area (Å²) >= 11 is 0. The van der Waals surface area contributed by atoms with Crippen LogP contribution in [0.5, 0.6) is 11.5 Å². The van der Waals surface area contributed by atoms with Gasteiger partial charge in [0.05, 0.1) is 31.5 Å². The smallest absolute Gasteiger partial charge is 0.253 e. The molecular weight excluding hydrogens is 364 g/mol. The molecule has 1 aliphatic carbocycles. The SMILES string of the molecule is COc1ccc(C2Nc3c(C(=O)NC(C)C)cccc3C3C=CCC32)cc1OC. The number of anilines is 1. The minimum atomic E-state index is -0.0455. The Bertz CT molecular complexity index is 951. The molecule has 2 aromatic carbocycles. The number of methoxy groups -OCH3 is 2. The van der Waals surface area contributed by atoms with E-state index in [-0.39, 0.29) is 23.9 Å². The molecule has 0 bridgehead atoms. The van der Waals surface area contributed by atoms with E-state index in [9.17, 15) is 4.79 Å². The minimum absolute atomic E-state index is 0.0455. The van der Waals surface area contributed by atoms with Crippen LogP contribution in [-0.2, 0) is 0 Å². The molecule has 0 saturated carbocycles. The summed E-state index contributed by atoms with van der Waals surface area (Å²) in [5.41, 5.74) is 3.95. The monoisotopic (exact) mass is 392 g/mol. The first-order valence-corrected chi connectivity index (χ1v) is 10.1. The number of benzene rings is 2. The number of ether oxygens (including phenoxy) is 2. The molecule has 5 heteroatoms. The van der Waals surface area contributed by atoms with Crippen LogP contribution in [0.15, 0.2) is 48.6 Å². The Balaban J connectivity index is 1.77. The van der Waals surface area contributed by atoms with Gasteiger partial charge in [0.2, 0.25) is 0 Å². The van der Waals surface area contributed by atoms with E-state index in [0.717, 1.165) is 17.7 Å². The second-order valence-corrected chi connectivity index (χ2v) is 7.99. The molecule has 0 radical (unpaired) electrons. The highest BCUT2D eigenvalue weighted by Gasteiger charge is 2.39. The van der Waals surface area contributed by atoms with Crippen LogP contribution in [0.3, 0.4) is 0 Å². The maximum atomic E-state index is 12.8. The first-order chi connectivity index (χ1) is 14.0. The van der Waals surface area contributed by atoms with Crippen molar-refractivity contribution in [3.63, 3.8) is 0 Å². The second-order valence-electron chi connectivity index (χ2n) is 7.99. The van der Waals surface area contributed by atoms with Gasteiger partial charge < -0.3 is 20.1 Å². The Labute approximate surface area is 172 Å². The molecule has 0 aromatic heterocycles. The summed E-state index contributed by atoms with van der Waals surface area (Å²) in [6.07, 6.45) is 5.53. The fourth-order valence-corrected chi connectivity index (χ4v) is 4.53. The van der Waals surface area contributed by atoms with Crippen LogP contribution in [-0.4, -0.2) is 26.2 Å². The van der Waals surface area contributed by atoms with Gasteiger partial charge in [0.25, 0.3) is 5.91 Å². The Morgan fingerprint density at radius 3 is 2.66 bits per heavy atom. The van der Waals surface area contributed by atoms with Gasteiger partial charge in [0.1, 0.15) is 0 Å². The van der Waals surface area contributed by atoms with Gasteiger partial charge >= 0.3 is 0 Å². The zero-order valence-electron chi connectivity index (χ0n) is 17.4. The topological polar surface area (TPSA) is 59.6 Å². The third kappa shape index (κ3) is 3.46. The van der Waals surface area contributed by atoms with Crippen LogP contribution >= 0.6 is 0 Å². The first kappa shape index (κ1) is 19.4. The Morgan fingerprint density at radius 2 is 1.93 bits per heavy atom. The molecule has 4 rings (SSSR count). The number of fused-ring (bicyclic) bond motifs is 3. The lowest BCUT2D eigenvalue weighted by Gasteiger charge is -2.38. The molecule has 5 nitrogen and oxygen atoms in total. The summed E-state index contributed by atoms with van der Waals surface area (Å²) in [4.78, 5) is 12.8. The normalized spacial score (nSPS) is 21.9. The van der Waals surface area contributed by atoms with E-state index in [0.29, 0.717) is 23.0 Å². The number of carbonyl (C=O) groups excluding carboxylic acids is 1. The quantitative estimate of drug-likeness (QED) is 0.726. The van der Waals surface area contributed by atoms with Crippen molar-refractivity contribution < 1.29 is 14.3 Å². The van der Waals surface area contributed by atoms with Crippen molar-refractivity contribution >= 4 is 11.6 Å². The van der Waals surface area contributed by atoms with Crippen LogP contribution in [0.25, 0.3) is 0 Å². The molecule has 2 N–H and O–H groups in total. The lowest BCUT2D eigenvalue weighted by molar-refractivity contribution is 0.0943. The van der Waals surface area contributed by atoms with Crippen molar-refractivity contribution in [2.24, 2.45) is 5.92 Å². The molecule has 1 amide bonds. The van der Waals surface area contributed by atoms with Crippen molar-refractivity contribution in [2.75, 3.05) is 19.5 Å². The van der Waals surface area contributed by atoms with Crippen molar-refractivity contribution in [2.45, 2.75) is 38.3 Å². The molecule has 3 atom stereocenters. The van der Waals surface area contributed by atoms with Gasteiger partial charge in [0.15, 0.2) is 11.5 Å². The predicted octanol–water partition coefficient (Wildman–Crippen LogP) is 4.67. The highest BCUT2D eigenvalue weighted by molar-refractivity contribution is 6.01. The Morgan fingerprint density at radius 1 is 1.14 bits per heavy atom. The minimum Gasteiger partial charge on any atom is -0.493 e. The summed E-state index contributed by atoms with van der Waals surface area (Å²) in [6, 6.07) is 12.2. The third-order valence-corrected chi connectivity index (χ3v) is 5.83. The summed E-state index contributed by atoms with van der Waals surface area (Å²) in [6.45, 7) is 3.95. The van der Waals surface area contributed by atoms with Crippen molar-refractivity contribution in [1.82, 2.24) is 5.32 Å². The zero-order chi connectivity index (χ0) is 20.5. The Hall–Kier alpha value is -2.95. The lowest BCUT2D eigenvalue weighted by atomic mass is 9.76. The van der Waals surface area contributed by atoms with Crippen molar-refractivity contribution in [3.8, 4) is 11.5 Å². The fraction of sp³-hybridized carbons (Fsp3) is 0.375. The summed E-state index contributed by atoms with van der Waals surface area (Å²) in [5.74, 6) is 2.06. The third-order valence-electron chi connectivity index (χ3n) is 5.83. The average molecular weight is 392 g/mol.